The molecular formula is C87H136O17P2. The van der Waals surface area contributed by atoms with Gasteiger partial charge in [0.05, 0.1) is 26.4 Å². The summed E-state index contributed by atoms with van der Waals surface area (Å²) in [5.41, 5.74) is 0. The van der Waals surface area contributed by atoms with E-state index in [9.17, 15) is 43.2 Å². The highest BCUT2D eigenvalue weighted by atomic mass is 31.2. The Kier molecular flexibility index (Phi) is 72.2. The fourth-order valence-electron chi connectivity index (χ4n) is 9.40. The van der Waals surface area contributed by atoms with Crippen LogP contribution in [-0.2, 0) is 65.4 Å². The number of aliphatic hydroxyl groups is 1. The Hall–Kier alpha value is -6.36. The molecule has 0 saturated carbocycles. The molecule has 17 nitrogen and oxygen atoms in total. The van der Waals surface area contributed by atoms with E-state index >= 15 is 0 Å². The van der Waals surface area contributed by atoms with Crippen LogP contribution in [0.4, 0.5) is 0 Å². The number of carbonyl (C=O) groups excluding carboxylic acids is 4. The SMILES string of the molecule is CC/C=C\C/C=C\C/C=C\C/C=C\C/C=C\CCCC(=O)OCC(COP(=O)(O)OCC(O)COP(=O)(O)OCC(COC(=O)CCCCCC/C=C\C/C=C\C/C=C\C/C=C\CC)OC(=O)CCCC/C=C\C/C=C\C/C=C\C/C=C\CC)OC(=O)CCCCCC/C=C\C/C=C\C/C=C\C/C=C\CC. The number of phosphoric ester groups is 2. The summed E-state index contributed by atoms with van der Waals surface area (Å²) in [6, 6.07) is 0. The van der Waals surface area contributed by atoms with Crippen molar-refractivity contribution in [2.75, 3.05) is 39.6 Å². The lowest BCUT2D eigenvalue weighted by molar-refractivity contribution is -0.161. The average molecular weight is 1520 g/mol. The molecule has 0 rings (SSSR count). The first kappa shape index (κ1) is 99.6. The predicted molar refractivity (Wildman–Crippen MR) is 435 cm³/mol. The van der Waals surface area contributed by atoms with Gasteiger partial charge in [-0.2, -0.15) is 0 Å². The molecule has 0 aliphatic rings. The van der Waals surface area contributed by atoms with Crippen LogP contribution in [0.1, 0.15) is 259 Å². The molecule has 0 aliphatic heterocycles. The molecule has 0 radical (unpaired) electrons. The second-order valence-corrected chi connectivity index (χ2v) is 28.0. The van der Waals surface area contributed by atoms with Crippen molar-refractivity contribution < 1.29 is 80.2 Å². The molecule has 0 heterocycles. The van der Waals surface area contributed by atoms with Crippen LogP contribution in [-0.4, -0.2) is 96.7 Å². The second kappa shape index (κ2) is 76.8. The van der Waals surface area contributed by atoms with Gasteiger partial charge in [-0.05, 0) is 180 Å². The van der Waals surface area contributed by atoms with Crippen molar-refractivity contribution in [3.63, 3.8) is 0 Å². The number of hydrogen-bond donors (Lipinski definition) is 3. The maximum atomic E-state index is 13.1. The number of aliphatic hydroxyl groups excluding tert-OH is 1. The van der Waals surface area contributed by atoms with Crippen molar-refractivity contribution in [3.8, 4) is 0 Å². The first-order valence-electron chi connectivity index (χ1n) is 39.3. The Bertz CT molecular complexity index is 2830. The molecule has 0 bridgehead atoms. The van der Waals surface area contributed by atoms with Gasteiger partial charge in [-0.25, -0.2) is 9.13 Å². The molecule has 5 atom stereocenters. The lowest BCUT2D eigenvalue weighted by atomic mass is 10.1. The van der Waals surface area contributed by atoms with Gasteiger partial charge in [0.2, 0.25) is 0 Å². The molecule has 0 amide bonds. The van der Waals surface area contributed by atoms with E-state index in [-0.39, 0.29) is 25.7 Å². The van der Waals surface area contributed by atoms with E-state index in [2.05, 4.69) is 222 Å². The van der Waals surface area contributed by atoms with E-state index in [0.717, 1.165) is 167 Å². The Balaban J connectivity index is 5.53. The van der Waals surface area contributed by atoms with Crippen LogP contribution in [0.2, 0.25) is 0 Å². The summed E-state index contributed by atoms with van der Waals surface area (Å²) in [7, 11) is -10.0. The minimum absolute atomic E-state index is 0.0263. The normalized spacial score (nSPS) is 15.0. The molecule has 0 spiro atoms. The third-order valence-electron chi connectivity index (χ3n) is 15.2. The standard InChI is InChI=1S/C87H136O17P2/c1-5-9-13-17-21-25-29-33-37-40-44-47-51-55-59-63-67-71-84(89)97-77-82(103-86(91)73-69-65-61-57-53-49-43-36-32-28-24-20-16-12-8-4)79-101-105(93,94)99-75-81(88)76-100-106(95,96)102-80-83(104-87(92)74-70-66-62-58-54-50-46-42-39-35-31-27-23-19-15-11-7-3)78-98-85(90)72-68-64-60-56-52-48-45-41-38-34-30-26-22-18-14-10-6-2/h9-16,21-28,33-39,43-48,50,53,56-57,60,81-83,88H,5-8,17-20,29-32,40-42,49,51-52,54-55,58-59,61-80H2,1-4H3,(H,93,94)(H,95,96)/b13-9-,14-10-,15-11-,16-12-,25-21-,26-22-,27-23-,28-24-,37-33-,38-34-,39-35-,43-36-,47-44-,48-45-,50-46-,57-53-,60-56-. The first-order valence-corrected chi connectivity index (χ1v) is 42.3. The molecular weight excluding hydrogens is 1380 g/mol. The maximum absolute atomic E-state index is 13.1. The molecule has 0 saturated heterocycles. The number of carbonyl (C=O) groups is 4. The van der Waals surface area contributed by atoms with Crippen LogP contribution in [0.5, 0.6) is 0 Å². The predicted octanol–water partition coefficient (Wildman–Crippen LogP) is 23.1. The smallest absolute Gasteiger partial charge is 0.462 e. The number of ether oxygens (including phenoxy) is 4. The number of unbranched alkanes of at least 4 members (excludes halogenated alkanes) is 11. The van der Waals surface area contributed by atoms with Gasteiger partial charge < -0.3 is 33.8 Å². The summed E-state index contributed by atoms with van der Waals surface area (Å²) in [6.07, 6.45) is 95.3. The number of hydrogen-bond acceptors (Lipinski definition) is 15. The van der Waals surface area contributed by atoms with Gasteiger partial charge in [-0.3, -0.25) is 37.3 Å². The summed E-state index contributed by atoms with van der Waals surface area (Å²) in [4.78, 5) is 73.0. The molecule has 0 aromatic carbocycles. The molecule has 5 unspecified atom stereocenters. The van der Waals surface area contributed by atoms with Crippen molar-refractivity contribution in [3.05, 3.63) is 207 Å². The van der Waals surface area contributed by atoms with Gasteiger partial charge in [0.15, 0.2) is 12.2 Å². The minimum Gasteiger partial charge on any atom is -0.462 e. The molecule has 106 heavy (non-hydrogen) atoms. The quantitative estimate of drug-likeness (QED) is 0.0169. The van der Waals surface area contributed by atoms with Gasteiger partial charge in [0.1, 0.15) is 19.3 Å². The molecule has 0 aliphatic carbocycles. The Morgan fingerprint density at radius 1 is 0.264 bits per heavy atom. The third-order valence-corrected chi connectivity index (χ3v) is 17.1. The highest BCUT2D eigenvalue weighted by molar-refractivity contribution is 7.47. The first-order chi connectivity index (χ1) is 51.7. The molecule has 0 fully saturated rings. The van der Waals surface area contributed by atoms with E-state index in [4.69, 9.17) is 37.0 Å². The number of allylic oxidation sites excluding steroid dienone is 34. The highest BCUT2D eigenvalue weighted by Gasteiger charge is 2.30. The Morgan fingerprint density at radius 3 is 0.755 bits per heavy atom. The summed E-state index contributed by atoms with van der Waals surface area (Å²) >= 11 is 0. The highest BCUT2D eigenvalue weighted by Crippen LogP contribution is 2.45. The fourth-order valence-corrected chi connectivity index (χ4v) is 11.0. The fraction of sp³-hybridized carbons (Fsp3) is 0.563. The van der Waals surface area contributed by atoms with Crippen molar-refractivity contribution in [1.82, 2.24) is 0 Å². The van der Waals surface area contributed by atoms with Crippen LogP contribution in [0.3, 0.4) is 0 Å². The van der Waals surface area contributed by atoms with Gasteiger partial charge in [0.25, 0.3) is 0 Å². The van der Waals surface area contributed by atoms with Gasteiger partial charge in [0, 0.05) is 25.7 Å². The van der Waals surface area contributed by atoms with Crippen LogP contribution in [0.25, 0.3) is 0 Å². The van der Waals surface area contributed by atoms with E-state index in [1.54, 1.807) is 0 Å². The Morgan fingerprint density at radius 2 is 0.472 bits per heavy atom. The maximum Gasteiger partial charge on any atom is 0.472 e. The molecule has 3 N–H and O–H groups in total. The summed E-state index contributed by atoms with van der Waals surface area (Å²) < 4.78 is 68.5. The van der Waals surface area contributed by atoms with Gasteiger partial charge >= 0.3 is 39.5 Å². The van der Waals surface area contributed by atoms with Crippen molar-refractivity contribution in [2.24, 2.45) is 0 Å². The summed E-state index contributed by atoms with van der Waals surface area (Å²) in [5, 5.41) is 10.6. The Labute approximate surface area is 639 Å². The zero-order valence-electron chi connectivity index (χ0n) is 65.0. The lowest BCUT2D eigenvalue weighted by Crippen LogP contribution is -2.30. The van der Waals surface area contributed by atoms with Crippen molar-refractivity contribution >= 4 is 39.5 Å². The van der Waals surface area contributed by atoms with Crippen LogP contribution in [0.15, 0.2) is 207 Å². The van der Waals surface area contributed by atoms with Crippen molar-refractivity contribution in [2.45, 2.75) is 277 Å². The van der Waals surface area contributed by atoms with Crippen molar-refractivity contribution in [1.29, 1.82) is 0 Å². The largest absolute Gasteiger partial charge is 0.472 e. The van der Waals surface area contributed by atoms with E-state index < -0.39 is 97.5 Å². The second-order valence-electron chi connectivity index (χ2n) is 25.1. The molecule has 0 aromatic rings. The van der Waals surface area contributed by atoms with E-state index in [1.807, 2.05) is 12.2 Å². The van der Waals surface area contributed by atoms with Crippen LogP contribution in [0, 0.1) is 0 Å². The zero-order valence-corrected chi connectivity index (χ0v) is 66.8. The molecule has 19 heteroatoms. The average Bonchev–Trinajstić information content (AvgIpc) is 0.902. The van der Waals surface area contributed by atoms with E-state index in [1.165, 1.54) is 0 Å². The number of rotatable bonds is 71. The lowest BCUT2D eigenvalue weighted by Gasteiger charge is -2.21. The summed E-state index contributed by atoms with van der Waals surface area (Å²) in [6.45, 7) is 4.21. The van der Waals surface area contributed by atoms with Gasteiger partial charge in [-0.15, -0.1) is 0 Å². The van der Waals surface area contributed by atoms with Crippen LogP contribution >= 0.6 is 15.6 Å². The number of phosphoric acid groups is 2. The zero-order chi connectivity index (χ0) is 77.4. The van der Waals surface area contributed by atoms with Gasteiger partial charge in [-0.1, -0.05) is 260 Å². The monoisotopic (exact) mass is 1510 g/mol. The molecule has 596 valence electrons. The summed E-state index contributed by atoms with van der Waals surface area (Å²) in [5.74, 6) is -2.37. The topological polar surface area (TPSA) is 237 Å². The van der Waals surface area contributed by atoms with Crippen LogP contribution < -0.4 is 0 Å². The third kappa shape index (κ3) is 75.9. The number of esters is 4. The molecule has 0 aromatic heterocycles. The minimum atomic E-state index is -5.01. The van der Waals surface area contributed by atoms with E-state index in [0.29, 0.717) is 38.5 Å².